The average molecular weight is 821 g/mol. The fourth-order valence-corrected chi connectivity index (χ4v) is 7.92. The SMILES string of the molecule is CCCCCCCCCCCCCCCCC(=O)OC[C@@H](COC(=O)CCCCCCCCCCCCCCC)OC(=O)CCCCCCCCCCCCCCC. The Morgan fingerprint density at radius 1 is 0.276 bits per heavy atom. The molecule has 0 rings (SSSR count). The van der Waals surface area contributed by atoms with Gasteiger partial charge in [-0.1, -0.05) is 258 Å². The maximum Gasteiger partial charge on any atom is 0.306 e. The van der Waals surface area contributed by atoms with Crippen molar-refractivity contribution in [2.45, 2.75) is 303 Å². The second-order valence-corrected chi connectivity index (χ2v) is 17.8. The molecule has 344 valence electrons. The Hall–Kier alpha value is -1.59. The minimum Gasteiger partial charge on any atom is -0.462 e. The van der Waals surface area contributed by atoms with Crippen molar-refractivity contribution < 1.29 is 28.6 Å². The van der Waals surface area contributed by atoms with Crippen LogP contribution >= 0.6 is 0 Å². The molecular formula is C52H100O6. The van der Waals surface area contributed by atoms with Gasteiger partial charge in [0.2, 0.25) is 0 Å². The lowest BCUT2D eigenvalue weighted by Gasteiger charge is -2.18. The molecule has 0 aliphatic rings. The molecule has 0 unspecified atom stereocenters. The minimum atomic E-state index is -0.759. The molecule has 58 heavy (non-hydrogen) atoms. The number of rotatable bonds is 48. The van der Waals surface area contributed by atoms with E-state index in [0.29, 0.717) is 19.3 Å². The Kier molecular flexibility index (Phi) is 46.8. The predicted molar refractivity (Wildman–Crippen MR) is 247 cm³/mol. The van der Waals surface area contributed by atoms with Gasteiger partial charge in [-0.3, -0.25) is 14.4 Å². The summed E-state index contributed by atoms with van der Waals surface area (Å²) in [6.45, 7) is 6.68. The molecule has 0 aromatic heterocycles. The van der Waals surface area contributed by atoms with Crippen LogP contribution in [0.3, 0.4) is 0 Å². The summed E-state index contributed by atoms with van der Waals surface area (Å²) in [6, 6.07) is 0. The third-order valence-corrected chi connectivity index (χ3v) is 11.9. The van der Waals surface area contributed by atoms with E-state index in [9.17, 15) is 14.4 Å². The molecule has 0 fully saturated rings. The van der Waals surface area contributed by atoms with Gasteiger partial charge < -0.3 is 14.2 Å². The first-order chi connectivity index (χ1) is 28.5. The van der Waals surface area contributed by atoms with Gasteiger partial charge in [-0.05, 0) is 19.3 Å². The number of esters is 3. The molecule has 0 heterocycles. The average Bonchev–Trinajstić information content (AvgIpc) is 3.22. The van der Waals surface area contributed by atoms with E-state index in [0.717, 1.165) is 57.8 Å². The quantitative estimate of drug-likeness (QED) is 0.0346. The monoisotopic (exact) mass is 821 g/mol. The highest BCUT2D eigenvalue weighted by Gasteiger charge is 2.19. The Labute approximate surface area is 361 Å². The highest BCUT2D eigenvalue weighted by Crippen LogP contribution is 2.17. The zero-order valence-corrected chi connectivity index (χ0v) is 39.3. The first-order valence-corrected chi connectivity index (χ1v) is 26.0. The van der Waals surface area contributed by atoms with Crippen LogP contribution in [0.5, 0.6) is 0 Å². The normalized spacial score (nSPS) is 11.8. The Bertz CT molecular complexity index is 859. The van der Waals surface area contributed by atoms with Gasteiger partial charge in [-0.25, -0.2) is 0 Å². The van der Waals surface area contributed by atoms with Crippen molar-refractivity contribution in [1.29, 1.82) is 0 Å². The van der Waals surface area contributed by atoms with E-state index in [-0.39, 0.29) is 31.1 Å². The molecule has 0 saturated carbocycles. The van der Waals surface area contributed by atoms with Crippen molar-refractivity contribution in [2.75, 3.05) is 13.2 Å². The van der Waals surface area contributed by atoms with Gasteiger partial charge in [0.1, 0.15) is 13.2 Å². The summed E-state index contributed by atoms with van der Waals surface area (Å²) in [5.41, 5.74) is 0. The summed E-state index contributed by atoms with van der Waals surface area (Å²) in [5.74, 6) is -0.840. The van der Waals surface area contributed by atoms with Crippen LogP contribution in [0.2, 0.25) is 0 Å². The zero-order valence-electron chi connectivity index (χ0n) is 39.3. The topological polar surface area (TPSA) is 78.9 Å². The van der Waals surface area contributed by atoms with Crippen LogP contribution in [0.15, 0.2) is 0 Å². The highest BCUT2D eigenvalue weighted by molar-refractivity contribution is 5.71. The van der Waals surface area contributed by atoms with Crippen molar-refractivity contribution >= 4 is 17.9 Å². The molecule has 0 aliphatic heterocycles. The summed E-state index contributed by atoms with van der Waals surface area (Å²) in [5, 5.41) is 0. The molecule has 0 radical (unpaired) electrons. The van der Waals surface area contributed by atoms with E-state index in [1.165, 1.54) is 199 Å². The first kappa shape index (κ1) is 56.4. The molecule has 6 nitrogen and oxygen atoms in total. The second-order valence-electron chi connectivity index (χ2n) is 17.8. The van der Waals surface area contributed by atoms with Crippen LogP contribution < -0.4 is 0 Å². The van der Waals surface area contributed by atoms with Crippen molar-refractivity contribution in [3.63, 3.8) is 0 Å². The van der Waals surface area contributed by atoms with Crippen LogP contribution in [-0.2, 0) is 28.6 Å². The van der Waals surface area contributed by atoms with Gasteiger partial charge in [-0.15, -0.1) is 0 Å². The second kappa shape index (κ2) is 48.1. The van der Waals surface area contributed by atoms with Gasteiger partial charge in [-0.2, -0.15) is 0 Å². The Balaban J connectivity index is 4.31. The van der Waals surface area contributed by atoms with Gasteiger partial charge >= 0.3 is 17.9 Å². The number of unbranched alkanes of at least 4 members (excludes halogenated alkanes) is 37. The van der Waals surface area contributed by atoms with Gasteiger partial charge in [0.25, 0.3) is 0 Å². The molecule has 0 bridgehead atoms. The summed E-state index contributed by atoms with van der Waals surface area (Å²) >= 11 is 0. The largest absolute Gasteiger partial charge is 0.462 e. The van der Waals surface area contributed by atoms with E-state index in [1.54, 1.807) is 0 Å². The fraction of sp³-hybridized carbons (Fsp3) is 0.942. The third-order valence-electron chi connectivity index (χ3n) is 11.9. The van der Waals surface area contributed by atoms with Crippen molar-refractivity contribution in [3.8, 4) is 0 Å². The molecule has 0 aromatic carbocycles. The van der Waals surface area contributed by atoms with Gasteiger partial charge in [0.05, 0.1) is 0 Å². The summed E-state index contributed by atoms with van der Waals surface area (Å²) in [6.07, 6.45) is 50.8. The van der Waals surface area contributed by atoms with Crippen LogP contribution in [0.1, 0.15) is 297 Å². The summed E-state index contributed by atoms with van der Waals surface area (Å²) in [4.78, 5) is 37.9. The van der Waals surface area contributed by atoms with E-state index in [1.807, 2.05) is 0 Å². The summed E-state index contributed by atoms with van der Waals surface area (Å²) < 4.78 is 16.8. The van der Waals surface area contributed by atoms with Crippen LogP contribution in [-0.4, -0.2) is 37.2 Å². The lowest BCUT2D eigenvalue weighted by Crippen LogP contribution is -2.30. The van der Waals surface area contributed by atoms with Crippen LogP contribution in [0.4, 0.5) is 0 Å². The maximum atomic E-state index is 12.8. The maximum absolute atomic E-state index is 12.8. The highest BCUT2D eigenvalue weighted by atomic mass is 16.6. The number of carbonyl (C=O) groups is 3. The molecular weight excluding hydrogens is 721 g/mol. The first-order valence-electron chi connectivity index (χ1n) is 26.0. The van der Waals surface area contributed by atoms with Crippen LogP contribution in [0, 0.1) is 0 Å². The molecule has 0 saturated heterocycles. The number of hydrogen-bond acceptors (Lipinski definition) is 6. The number of carbonyl (C=O) groups excluding carboxylic acids is 3. The van der Waals surface area contributed by atoms with Crippen LogP contribution in [0.25, 0.3) is 0 Å². The van der Waals surface area contributed by atoms with Gasteiger partial charge in [0, 0.05) is 19.3 Å². The minimum absolute atomic E-state index is 0.0617. The third kappa shape index (κ3) is 45.5. The van der Waals surface area contributed by atoms with E-state index < -0.39 is 6.10 Å². The van der Waals surface area contributed by atoms with Crippen molar-refractivity contribution in [3.05, 3.63) is 0 Å². The lowest BCUT2D eigenvalue weighted by atomic mass is 10.0. The van der Waals surface area contributed by atoms with Crippen molar-refractivity contribution in [1.82, 2.24) is 0 Å². The predicted octanol–water partition coefficient (Wildman–Crippen LogP) is 16.8. The number of ether oxygens (including phenoxy) is 3. The van der Waals surface area contributed by atoms with Crippen molar-refractivity contribution in [2.24, 2.45) is 0 Å². The summed E-state index contributed by atoms with van der Waals surface area (Å²) in [7, 11) is 0. The molecule has 6 heteroatoms. The lowest BCUT2D eigenvalue weighted by molar-refractivity contribution is -0.167. The van der Waals surface area contributed by atoms with Gasteiger partial charge in [0.15, 0.2) is 6.10 Å². The molecule has 0 aliphatic carbocycles. The smallest absolute Gasteiger partial charge is 0.306 e. The molecule has 0 amide bonds. The number of hydrogen-bond donors (Lipinski definition) is 0. The molecule has 0 N–H and O–H groups in total. The molecule has 0 spiro atoms. The molecule has 0 aromatic rings. The van der Waals surface area contributed by atoms with E-state index in [4.69, 9.17) is 14.2 Å². The molecule has 1 atom stereocenters. The standard InChI is InChI=1S/C52H100O6/c1-4-7-10-13-16-19-22-25-28-30-33-36-39-42-45-51(54)57-48-49(58-52(55)46-43-40-37-34-31-27-24-21-18-15-12-9-6-3)47-56-50(53)44-41-38-35-32-29-26-23-20-17-14-11-8-5-2/h49H,4-48H2,1-3H3/t49-/m1/s1. The van der Waals surface area contributed by atoms with E-state index >= 15 is 0 Å². The Morgan fingerprint density at radius 3 is 0.690 bits per heavy atom. The fourth-order valence-electron chi connectivity index (χ4n) is 7.92. The van der Waals surface area contributed by atoms with E-state index in [2.05, 4.69) is 20.8 Å². The zero-order chi connectivity index (χ0) is 42.3. The Morgan fingerprint density at radius 2 is 0.466 bits per heavy atom.